The van der Waals surface area contributed by atoms with Crippen molar-refractivity contribution in [1.29, 1.82) is 0 Å². The third-order valence-corrected chi connectivity index (χ3v) is 2.92. The predicted octanol–water partition coefficient (Wildman–Crippen LogP) is -0.669. The van der Waals surface area contributed by atoms with E-state index in [0.29, 0.717) is 13.1 Å². The number of piperazine rings is 1. The molecule has 2 N–H and O–H groups in total. The molecule has 0 radical (unpaired) electrons. The summed E-state index contributed by atoms with van der Waals surface area (Å²) in [4.78, 5) is 25.1. The Kier molecular flexibility index (Phi) is 3.34. The standard InChI is InChI=1S/C10H19N3O2/c1-7-8(14)12-5-6-13(7)9(15)10(2,3)11-4/h7,11H,5-6H2,1-4H3,(H,12,14). The molecule has 1 rings (SSSR count). The number of nitrogens with one attached hydrogen (secondary N) is 2. The molecule has 1 heterocycles. The lowest BCUT2D eigenvalue weighted by atomic mass is 10.0. The van der Waals surface area contributed by atoms with Crippen LogP contribution in [0.25, 0.3) is 0 Å². The van der Waals surface area contributed by atoms with Crippen LogP contribution in [0.2, 0.25) is 0 Å². The minimum atomic E-state index is -0.619. The lowest BCUT2D eigenvalue weighted by molar-refractivity contribution is -0.146. The largest absolute Gasteiger partial charge is 0.353 e. The summed E-state index contributed by atoms with van der Waals surface area (Å²) in [5.41, 5.74) is -0.619. The zero-order valence-corrected chi connectivity index (χ0v) is 9.76. The molecule has 15 heavy (non-hydrogen) atoms. The number of hydrogen-bond donors (Lipinski definition) is 2. The van der Waals surface area contributed by atoms with E-state index >= 15 is 0 Å². The van der Waals surface area contributed by atoms with Crippen LogP contribution in [0.3, 0.4) is 0 Å². The second-order valence-corrected chi connectivity index (χ2v) is 4.34. The van der Waals surface area contributed by atoms with Gasteiger partial charge < -0.3 is 15.5 Å². The Morgan fingerprint density at radius 1 is 1.60 bits per heavy atom. The van der Waals surface area contributed by atoms with Gasteiger partial charge in [0.15, 0.2) is 0 Å². The number of rotatable bonds is 2. The summed E-state index contributed by atoms with van der Waals surface area (Å²) in [5.74, 6) is -0.117. The minimum Gasteiger partial charge on any atom is -0.353 e. The van der Waals surface area contributed by atoms with E-state index in [-0.39, 0.29) is 17.9 Å². The molecule has 0 aromatic carbocycles. The van der Waals surface area contributed by atoms with Gasteiger partial charge in [-0.25, -0.2) is 0 Å². The maximum atomic E-state index is 12.1. The van der Waals surface area contributed by atoms with Crippen LogP contribution in [0.5, 0.6) is 0 Å². The Bertz CT molecular complexity index is 276. The summed E-state index contributed by atoms with van der Waals surface area (Å²) in [5, 5.41) is 5.68. The normalized spacial score (nSPS) is 22.5. The van der Waals surface area contributed by atoms with Crippen molar-refractivity contribution >= 4 is 11.8 Å². The van der Waals surface area contributed by atoms with E-state index < -0.39 is 5.54 Å². The fraction of sp³-hybridized carbons (Fsp3) is 0.800. The number of hydrogen-bond acceptors (Lipinski definition) is 3. The van der Waals surface area contributed by atoms with Gasteiger partial charge in [-0.15, -0.1) is 0 Å². The smallest absolute Gasteiger partial charge is 0.243 e. The molecule has 5 nitrogen and oxygen atoms in total. The first-order chi connectivity index (χ1) is 6.90. The number of nitrogens with zero attached hydrogens (tertiary/aromatic N) is 1. The Morgan fingerprint density at radius 2 is 2.20 bits per heavy atom. The summed E-state index contributed by atoms with van der Waals surface area (Å²) in [6.45, 7) is 6.49. The first kappa shape index (κ1) is 12.0. The monoisotopic (exact) mass is 213 g/mol. The molecular weight excluding hydrogens is 194 g/mol. The summed E-state index contributed by atoms with van der Waals surface area (Å²) in [6, 6.07) is -0.376. The molecule has 1 unspecified atom stereocenters. The van der Waals surface area contributed by atoms with Crippen LogP contribution >= 0.6 is 0 Å². The number of likely N-dealkylation sites (N-methyl/N-ethyl adjacent to an activating group) is 1. The first-order valence-electron chi connectivity index (χ1n) is 5.18. The molecule has 1 aliphatic heterocycles. The Hall–Kier alpha value is -1.10. The third-order valence-electron chi connectivity index (χ3n) is 2.92. The summed E-state index contributed by atoms with van der Waals surface area (Å²) in [6.07, 6.45) is 0. The Labute approximate surface area is 90.2 Å². The van der Waals surface area contributed by atoms with Gasteiger partial charge in [0.2, 0.25) is 11.8 Å². The van der Waals surface area contributed by atoms with Crippen LogP contribution in [-0.2, 0) is 9.59 Å². The second kappa shape index (κ2) is 4.18. The fourth-order valence-electron chi connectivity index (χ4n) is 1.53. The summed E-state index contributed by atoms with van der Waals surface area (Å²) in [7, 11) is 1.74. The van der Waals surface area contributed by atoms with Gasteiger partial charge in [0.05, 0.1) is 5.54 Å². The van der Waals surface area contributed by atoms with Crippen LogP contribution in [0.1, 0.15) is 20.8 Å². The summed E-state index contributed by atoms with van der Waals surface area (Å²) >= 11 is 0. The van der Waals surface area contributed by atoms with Crippen molar-refractivity contribution in [3.05, 3.63) is 0 Å². The zero-order valence-electron chi connectivity index (χ0n) is 9.76. The number of carbonyl (C=O) groups is 2. The van der Waals surface area contributed by atoms with Crippen LogP contribution in [0.15, 0.2) is 0 Å². The van der Waals surface area contributed by atoms with Crippen LogP contribution in [0.4, 0.5) is 0 Å². The second-order valence-electron chi connectivity index (χ2n) is 4.34. The Balaban J connectivity index is 2.79. The highest BCUT2D eigenvalue weighted by Gasteiger charge is 2.36. The van der Waals surface area contributed by atoms with E-state index in [2.05, 4.69) is 10.6 Å². The zero-order chi connectivity index (χ0) is 11.6. The average Bonchev–Trinajstić information content (AvgIpc) is 2.21. The van der Waals surface area contributed by atoms with Crippen molar-refractivity contribution in [3.63, 3.8) is 0 Å². The summed E-state index contributed by atoms with van der Waals surface area (Å²) < 4.78 is 0. The van der Waals surface area contributed by atoms with Crippen LogP contribution < -0.4 is 10.6 Å². The van der Waals surface area contributed by atoms with Crippen molar-refractivity contribution in [2.45, 2.75) is 32.4 Å². The van der Waals surface area contributed by atoms with Gasteiger partial charge in [-0.3, -0.25) is 9.59 Å². The van der Waals surface area contributed by atoms with E-state index in [1.807, 2.05) is 13.8 Å². The molecule has 0 aromatic rings. The lowest BCUT2D eigenvalue weighted by Gasteiger charge is -2.37. The SMILES string of the molecule is CNC(C)(C)C(=O)N1CCNC(=O)C1C. The number of amides is 2. The molecular formula is C10H19N3O2. The highest BCUT2D eigenvalue weighted by atomic mass is 16.2. The van der Waals surface area contributed by atoms with Crippen molar-refractivity contribution < 1.29 is 9.59 Å². The van der Waals surface area contributed by atoms with E-state index in [9.17, 15) is 9.59 Å². The molecule has 0 aliphatic carbocycles. The molecule has 1 atom stereocenters. The predicted molar refractivity (Wildman–Crippen MR) is 57.3 cm³/mol. The maximum absolute atomic E-state index is 12.1. The van der Waals surface area contributed by atoms with Gasteiger partial charge >= 0.3 is 0 Å². The van der Waals surface area contributed by atoms with Crippen molar-refractivity contribution in [3.8, 4) is 0 Å². The van der Waals surface area contributed by atoms with Crippen LogP contribution in [0, 0.1) is 0 Å². The molecule has 0 saturated carbocycles. The Morgan fingerprint density at radius 3 is 2.73 bits per heavy atom. The van der Waals surface area contributed by atoms with Crippen molar-refractivity contribution in [2.24, 2.45) is 0 Å². The van der Waals surface area contributed by atoms with E-state index in [4.69, 9.17) is 0 Å². The molecule has 86 valence electrons. The lowest BCUT2D eigenvalue weighted by Crippen LogP contribution is -2.62. The average molecular weight is 213 g/mol. The van der Waals surface area contributed by atoms with Gasteiger partial charge in [-0.05, 0) is 27.8 Å². The van der Waals surface area contributed by atoms with Crippen molar-refractivity contribution in [1.82, 2.24) is 15.5 Å². The third kappa shape index (κ3) is 2.28. The van der Waals surface area contributed by atoms with E-state index in [0.717, 1.165) is 0 Å². The highest BCUT2D eigenvalue weighted by Crippen LogP contribution is 2.12. The van der Waals surface area contributed by atoms with Gasteiger partial charge in [-0.2, -0.15) is 0 Å². The molecule has 0 bridgehead atoms. The van der Waals surface area contributed by atoms with Gasteiger partial charge in [-0.1, -0.05) is 0 Å². The van der Waals surface area contributed by atoms with Crippen LogP contribution in [-0.4, -0.2) is 48.4 Å². The highest BCUT2D eigenvalue weighted by molar-refractivity contribution is 5.92. The van der Waals surface area contributed by atoms with Gasteiger partial charge in [0, 0.05) is 13.1 Å². The molecule has 1 aliphatic rings. The minimum absolute atomic E-state index is 0.0349. The number of carbonyl (C=O) groups excluding carboxylic acids is 2. The quantitative estimate of drug-likeness (QED) is 0.639. The van der Waals surface area contributed by atoms with Gasteiger partial charge in [0.1, 0.15) is 6.04 Å². The molecule has 1 fully saturated rings. The molecule has 0 aromatic heterocycles. The van der Waals surface area contributed by atoms with E-state index in [1.165, 1.54) is 0 Å². The van der Waals surface area contributed by atoms with Gasteiger partial charge in [0.25, 0.3) is 0 Å². The molecule has 1 saturated heterocycles. The fourth-order valence-corrected chi connectivity index (χ4v) is 1.53. The first-order valence-corrected chi connectivity index (χ1v) is 5.18. The molecule has 0 spiro atoms. The van der Waals surface area contributed by atoms with E-state index in [1.54, 1.807) is 18.9 Å². The topological polar surface area (TPSA) is 61.4 Å². The maximum Gasteiger partial charge on any atom is 0.243 e. The van der Waals surface area contributed by atoms with Crippen molar-refractivity contribution in [2.75, 3.05) is 20.1 Å². The molecule has 5 heteroatoms. The molecule has 2 amide bonds.